The molecule has 3 unspecified atom stereocenters. The molecule has 0 radical (unpaired) electrons. The van der Waals surface area contributed by atoms with Gasteiger partial charge in [0.15, 0.2) is 0 Å². The summed E-state index contributed by atoms with van der Waals surface area (Å²) < 4.78 is 0. The number of hydrogen-bond donors (Lipinski definition) is 0. The minimum atomic E-state index is 0.141. The SMILES string of the molecule is CCC(C)C1CC(=O)CC(=O)C1CC. The fourth-order valence-corrected chi connectivity index (χ4v) is 2.47. The van der Waals surface area contributed by atoms with Crippen molar-refractivity contribution in [1.82, 2.24) is 0 Å². The van der Waals surface area contributed by atoms with Gasteiger partial charge in [0.25, 0.3) is 0 Å². The van der Waals surface area contributed by atoms with Crippen molar-refractivity contribution < 1.29 is 9.59 Å². The highest BCUT2D eigenvalue weighted by atomic mass is 16.1. The lowest BCUT2D eigenvalue weighted by atomic mass is 9.70. The molecule has 14 heavy (non-hydrogen) atoms. The highest BCUT2D eigenvalue weighted by Crippen LogP contribution is 2.34. The standard InChI is InChI=1S/C12H20O2/c1-4-8(3)11-6-9(13)7-12(14)10(11)5-2/h8,10-11H,4-7H2,1-3H3. The third kappa shape index (κ3) is 2.23. The molecule has 3 atom stereocenters. The molecule has 80 valence electrons. The van der Waals surface area contributed by atoms with Crippen molar-refractivity contribution in [2.75, 3.05) is 0 Å². The highest BCUT2D eigenvalue weighted by molar-refractivity contribution is 6.02. The van der Waals surface area contributed by atoms with Gasteiger partial charge in [0, 0.05) is 12.3 Å². The molecule has 2 nitrogen and oxygen atoms in total. The van der Waals surface area contributed by atoms with E-state index < -0.39 is 0 Å². The summed E-state index contributed by atoms with van der Waals surface area (Å²) in [5, 5.41) is 0. The largest absolute Gasteiger partial charge is 0.299 e. The molecule has 0 aromatic heterocycles. The van der Waals surface area contributed by atoms with Crippen LogP contribution < -0.4 is 0 Å². The Hall–Kier alpha value is -0.660. The number of Topliss-reactive ketones (excluding diaryl/α,β-unsaturated/α-hetero) is 2. The van der Waals surface area contributed by atoms with Gasteiger partial charge in [-0.15, -0.1) is 0 Å². The number of ketones is 2. The quantitative estimate of drug-likeness (QED) is 0.650. The lowest BCUT2D eigenvalue weighted by Crippen LogP contribution is -2.36. The first-order valence-corrected chi connectivity index (χ1v) is 5.64. The fourth-order valence-electron chi connectivity index (χ4n) is 2.47. The van der Waals surface area contributed by atoms with E-state index in [9.17, 15) is 9.59 Å². The van der Waals surface area contributed by atoms with Gasteiger partial charge in [-0.05, 0) is 18.3 Å². The molecular weight excluding hydrogens is 176 g/mol. The Labute approximate surface area is 86.1 Å². The summed E-state index contributed by atoms with van der Waals surface area (Å²) in [6, 6.07) is 0. The first-order valence-electron chi connectivity index (χ1n) is 5.64. The second-order valence-corrected chi connectivity index (χ2v) is 4.45. The van der Waals surface area contributed by atoms with E-state index in [0.717, 1.165) is 12.8 Å². The van der Waals surface area contributed by atoms with Crippen molar-refractivity contribution in [3.8, 4) is 0 Å². The van der Waals surface area contributed by atoms with Gasteiger partial charge in [0.2, 0.25) is 0 Å². The van der Waals surface area contributed by atoms with Crippen molar-refractivity contribution in [2.24, 2.45) is 17.8 Å². The zero-order chi connectivity index (χ0) is 10.7. The first kappa shape index (κ1) is 11.4. The molecule has 0 aromatic rings. The Morgan fingerprint density at radius 2 is 2.00 bits per heavy atom. The molecule has 0 saturated heterocycles. The van der Waals surface area contributed by atoms with E-state index in [2.05, 4.69) is 13.8 Å². The van der Waals surface area contributed by atoms with Crippen LogP contribution in [0.5, 0.6) is 0 Å². The summed E-state index contributed by atoms with van der Waals surface area (Å²) in [6.07, 6.45) is 2.76. The predicted molar refractivity (Wildman–Crippen MR) is 56.0 cm³/mol. The summed E-state index contributed by atoms with van der Waals surface area (Å²) in [6.45, 7) is 6.33. The second kappa shape index (κ2) is 4.72. The smallest absolute Gasteiger partial charge is 0.143 e. The summed E-state index contributed by atoms with van der Waals surface area (Å²) in [7, 11) is 0. The van der Waals surface area contributed by atoms with Crippen LogP contribution >= 0.6 is 0 Å². The molecule has 2 heteroatoms. The van der Waals surface area contributed by atoms with Crippen LogP contribution in [0.3, 0.4) is 0 Å². The van der Waals surface area contributed by atoms with Gasteiger partial charge in [-0.2, -0.15) is 0 Å². The Balaban J connectivity index is 2.77. The molecule has 1 aliphatic carbocycles. The fraction of sp³-hybridized carbons (Fsp3) is 0.833. The van der Waals surface area contributed by atoms with Crippen LogP contribution in [0.15, 0.2) is 0 Å². The minimum absolute atomic E-state index is 0.141. The summed E-state index contributed by atoms with van der Waals surface area (Å²) in [4.78, 5) is 23.0. The van der Waals surface area contributed by atoms with Gasteiger partial charge in [-0.3, -0.25) is 9.59 Å². The van der Waals surface area contributed by atoms with Crippen LogP contribution in [0.4, 0.5) is 0 Å². The zero-order valence-corrected chi connectivity index (χ0v) is 9.38. The van der Waals surface area contributed by atoms with Crippen molar-refractivity contribution >= 4 is 11.6 Å². The molecule has 0 aliphatic heterocycles. The van der Waals surface area contributed by atoms with Gasteiger partial charge in [-0.25, -0.2) is 0 Å². The van der Waals surface area contributed by atoms with E-state index in [-0.39, 0.29) is 23.9 Å². The molecule has 1 fully saturated rings. The van der Waals surface area contributed by atoms with Gasteiger partial charge >= 0.3 is 0 Å². The zero-order valence-electron chi connectivity index (χ0n) is 9.38. The molecule has 1 rings (SSSR count). The summed E-state index contributed by atoms with van der Waals surface area (Å²) in [5.41, 5.74) is 0. The average molecular weight is 196 g/mol. The first-order chi connectivity index (χ1) is 6.60. The van der Waals surface area contributed by atoms with Gasteiger partial charge < -0.3 is 0 Å². The van der Waals surface area contributed by atoms with Crippen molar-refractivity contribution in [2.45, 2.75) is 46.5 Å². The van der Waals surface area contributed by atoms with E-state index in [1.54, 1.807) is 0 Å². The van der Waals surface area contributed by atoms with Crippen LogP contribution in [0, 0.1) is 17.8 Å². The molecule has 1 aliphatic rings. The number of carbonyl (C=O) groups is 2. The van der Waals surface area contributed by atoms with Crippen molar-refractivity contribution in [3.05, 3.63) is 0 Å². The second-order valence-electron chi connectivity index (χ2n) is 4.45. The minimum Gasteiger partial charge on any atom is -0.299 e. The van der Waals surface area contributed by atoms with E-state index in [1.807, 2.05) is 6.92 Å². The van der Waals surface area contributed by atoms with E-state index >= 15 is 0 Å². The lowest BCUT2D eigenvalue weighted by Gasteiger charge is -2.32. The molecule has 0 spiro atoms. The topological polar surface area (TPSA) is 34.1 Å². The molecular formula is C12H20O2. The van der Waals surface area contributed by atoms with Crippen molar-refractivity contribution in [1.29, 1.82) is 0 Å². The maximum atomic E-state index is 11.6. The maximum absolute atomic E-state index is 11.6. The molecule has 0 amide bonds. The predicted octanol–water partition coefficient (Wildman–Crippen LogP) is 2.61. The Morgan fingerprint density at radius 1 is 1.36 bits per heavy atom. The third-order valence-electron chi connectivity index (χ3n) is 3.58. The molecule has 0 aromatic carbocycles. The van der Waals surface area contributed by atoms with E-state index in [0.29, 0.717) is 18.3 Å². The third-order valence-corrected chi connectivity index (χ3v) is 3.58. The Bertz CT molecular complexity index is 232. The van der Waals surface area contributed by atoms with Crippen LogP contribution in [0.25, 0.3) is 0 Å². The van der Waals surface area contributed by atoms with Crippen LogP contribution in [0.2, 0.25) is 0 Å². The maximum Gasteiger partial charge on any atom is 0.143 e. The molecule has 0 bridgehead atoms. The van der Waals surface area contributed by atoms with Gasteiger partial charge in [-0.1, -0.05) is 27.2 Å². The van der Waals surface area contributed by atoms with Crippen molar-refractivity contribution in [3.63, 3.8) is 0 Å². The van der Waals surface area contributed by atoms with Crippen LogP contribution in [-0.2, 0) is 9.59 Å². The lowest BCUT2D eigenvalue weighted by molar-refractivity contribution is -0.136. The number of hydrogen-bond acceptors (Lipinski definition) is 2. The van der Waals surface area contributed by atoms with E-state index in [1.165, 1.54) is 0 Å². The molecule has 1 saturated carbocycles. The Kier molecular flexibility index (Phi) is 3.85. The monoisotopic (exact) mass is 196 g/mol. The summed E-state index contributed by atoms with van der Waals surface area (Å²) >= 11 is 0. The Morgan fingerprint density at radius 3 is 2.50 bits per heavy atom. The average Bonchev–Trinajstić information content (AvgIpc) is 2.15. The number of carbonyl (C=O) groups excluding carboxylic acids is 2. The van der Waals surface area contributed by atoms with Gasteiger partial charge in [0.1, 0.15) is 11.6 Å². The highest BCUT2D eigenvalue weighted by Gasteiger charge is 2.36. The van der Waals surface area contributed by atoms with E-state index in [4.69, 9.17) is 0 Å². The number of rotatable bonds is 3. The molecule has 0 heterocycles. The summed E-state index contributed by atoms with van der Waals surface area (Å²) in [5.74, 6) is 1.26. The van der Waals surface area contributed by atoms with Gasteiger partial charge in [0.05, 0.1) is 6.42 Å². The molecule has 0 N–H and O–H groups in total. The van der Waals surface area contributed by atoms with Crippen LogP contribution in [0.1, 0.15) is 46.5 Å². The van der Waals surface area contributed by atoms with Crippen LogP contribution in [-0.4, -0.2) is 11.6 Å². The normalized spacial score (nSPS) is 30.5.